The molecule has 1 aromatic heterocycles. The molecule has 0 radical (unpaired) electrons. The largest absolute Gasteiger partial charge is 0.508 e. The fourth-order valence-corrected chi connectivity index (χ4v) is 5.41. The lowest BCUT2D eigenvalue weighted by Crippen LogP contribution is -2.27. The molecule has 0 aliphatic carbocycles. The van der Waals surface area contributed by atoms with Gasteiger partial charge in [0.25, 0.3) is 0 Å². The first-order chi connectivity index (χ1) is 17.8. The van der Waals surface area contributed by atoms with Crippen LogP contribution in [0.3, 0.4) is 0 Å². The predicted molar refractivity (Wildman–Crippen MR) is 147 cm³/mol. The summed E-state index contributed by atoms with van der Waals surface area (Å²) in [6.45, 7) is 8.81. The predicted octanol–water partition coefficient (Wildman–Crippen LogP) is 6.00. The Kier molecular flexibility index (Phi) is 8.16. The lowest BCUT2D eigenvalue weighted by Gasteiger charge is -2.18. The second-order valence-electron chi connectivity index (χ2n) is 8.68. The summed E-state index contributed by atoms with van der Waals surface area (Å²) < 4.78 is 6.59. The quantitative estimate of drug-likeness (QED) is 0.195. The third-order valence-corrected chi connectivity index (χ3v) is 7.52. The zero-order chi connectivity index (χ0) is 26.5. The summed E-state index contributed by atoms with van der Waals surface area (Å²) in [5.41, 5.74) is 2.10. The van der Waals surface area contributed by atoms with Crippen LogP contribution in [0.2, 0.25) is 0 Å². The van der Waals surface area contributed by atoms with Gasteiger partial charge in [0.05, 0.1) is 0 Å². The number of thiophene rings is 1. The molecule has 190 valence electrons. The number of carbonyl (C=O) groups is 3. The lowest BCUT2D eigenvalue weighted by atomic mass is 9.96. The first-order valence-electron chi connectivity index (χ1n) is 12.2. The van der Waals surface area contributed by atoms with Crippen LogP contribution < -0.4 is 4.74 Å². The number of phenols is 1. The molecule has 4 aromatic rings. The van der Waals surface area contributed by atoms with E-state index in [-0.39, 0.29) is 11.5 Å². The fraction of sp³-hybridized carbons (Fsp3) is 0.233. The Balaban J connectivity index is 1.69. The topological polar surface area (TPSA) is 83.9 Å². The van der Waals surface area contributed by atoms with Crippen LogP contribution in [0, 0.1) is 0 Å². The molecule has 0 amide bonds. The summed E-state index contributed by atoms with van der Waals surface area (Å²) in [5, 5.41) is 10.5. The number of ketones is 3. The van der Waals surface area contributed by atoms with E-state index in [0.29, 0.717) is 34.4 Å². The molecule has 4 rings (SSSR count). The van der Waals surface area contributed by atoms with Gasteiger partial charge in [-0.05, 0) is 73.3 Å². The van der Waals surface area contributed by atoms with Crippen LogP contribution >= 0.6 is 11.3 Å². The summed E-state index contributed by atoms with van der Waals surface area (Å²) >= 11 is 1.37. The van der Waals surface area contributed by atoms with Crippen molar-refractivity contribution in [2.45, 2.75) is 20.8 Å². The number of hydrogen-bond donors (Lipinski definition) is 1. The number of nitrogens with zero attached hydrogens (tertiary/aromatic N) is 1. The summed E-state index contributed by atoms with van der Waals surface area (Å²) in [5.74, 6) is -0.431. The van der Waals surface area contributed by atoms with Gasteiger partial charge in [-0.15, -0.1) is 11.3 Å². The Hall–Kier alpha value is -3.81. The van der Waals surface area contributed by atoms with Crippen LogP contribution in [0.4, 0.5) is 0 Å². The van der Waals surface area contributed by atoms with Crippen molar-refractivity contribution in [3.05, 3.63) is 83.4 Å². The molecule has 1 N–H and O–H groups in total. The highest BCUT2D eigenvalue weighted by Crippen LogP contribution is 2.41. The Morgan fingerprint density at radius 1 is 0.892 bits per heavy atom. The molecule has 0 saturated carbocycles. The van der Waals surface area contributed by atoms with Crippen LogP contribution in [0.1, 0.15) is 47.1 Å². The Morgan fingerprint density at radius 2 is 1.54 bits per heavy atom. The van der Waals surface area contributed by atoms with E-state index in [1.807, 2.05) is 0 Å². The maximum atomic E-state index is 13.8. The van der Waals surface area contributed by atoms with Gasteiger partial charge in [0.2, 0.25) is 5.78 Å². The minimum absolute atomic E-state index is 0.128. The van der Waals surface area contributed by atoms with E-state index in [2.05, 4.69) is 18.7 Å². The molecule has 0 bridgehead atoms. The number of aromatic hydroxyl groups is 1. The molecule has 37 heavy (non-hydrogen) atoms. The number of likely N-dealkylation sites (N-methyl/N-ethyl adjacent to an activating group) is 1. The van der Waals surface area contributed by atoms with Crippen molar-refractivity contribution in [1.29, 1.82) is 0 Å². The molecular formula is C30H29NO5S. The van der Waals surface area contributed by atoms with Crippen LogP contribution in [-0.2, 0) is 4.79 Å². The summed E-state index contributed by atoms with van der Waals surface area (Å²) in [6, 6.07) is 18.7. The van der Waals surface area contributed by atoms with Crippen LogP contribution in [0.25, 0.3) is 20.5 Å². The van der Waals surface area contributed by atoms with Crippen LogP contribution in [-0.4, -0.2) is 53.6 Å². The molecule has 7 heteroatoms. The van der Waals surface area contributed by atoms with E-state index in [4.69, 9.17) is 4.74 Å². The van der Waals surface area contributed by atoms with Crippen LogP contribution in [0.5, 0.6) is 11.5 Å². The lowest BCUT2D eigenvalue weighted by molar-refractivity contribution is -0.113. The minimum atomic E-state index is -0.564. The highest BCUT2D eigenvalue weighted by Gasteiger charge is 2.23. The number of ether oxygens (including phenoxy) is 1. The van der Waals surface area contributed by atoms with Gasteiger partial charge in [-0.1, -0.05) is 26.0 Å². The molecular weight excluding hydrogens is 486 g/mol. The molecule has 0 fully saturated rings. The van der Waals surface area contributed by atoms with Crippen molar-refractivity contribution in [3.63, 3.8) is 0 Å². The molecule has 0 atom stereocenters. The van der Waals surface area contributed by atoms with E-state index in [0.717, 1.165) is 34.8 Å². The Morgan fingerprint density at radius 3 is 2.16 bits per heavy atom. The van der Waals surface area contributed by atoms with E-state index in [1.54, 1.807) is 66.7 Å². The summed E-state index contributed by atoms with van der Waals surface area (Å²) in [7, 11) is 0. The number of rotatable bonds is 11. The number of carbonyl (C=O) groups excluding carboxylic acids is 3. The Labute approximate surface area is 220 Å². The van der Waals surface area contributed by atoms with Crippen molar-refractivity contribution >= 4 is 38.8 Å². The number of hydrogen-bond acceptors (Lipinski definition) is 7. The molecule has 0 unspecified atom stereocenters. The van der Waals surface area contributed by atoms with Crippen molar-refractivity contribution in [2.24, 2.45) is 0 Å². The fourth-order valence-electron chi connectivity index (χ4n) is 4.16. The zero-order valence-electron chi connectivity index (χ0n) is 21.1. The van der Waals surface area contributed by atoms with Gasteiger partial charge in [0, 0.05) is 45.1 Å². The summed E-state index contributed by atoms with van der Waals surface area (Å²) in [4.78, 5) is 40.7. The van der Waals surface area contributed by atoms with E-state index >= 15 is 0 Å². The highest BCUT2D eigenvalue weighted by molar-refractivity contribution is 7.22. The van der Waals surface area contributed by atoms with Gasteiger partial charge >= 0.3 is 0 Å². The monoisotopic (exact) mass is 515 g/mol. The third-order valence-electron chi connectivity index (χ3n) is 6.32. The number of fused-ring (bicyclic) bond motifs is 1. The maximum Gasteiger partial charge on any atom is 0.228 e. The van der Waals surface area contributed by atoms with Crippen molar-refractivity contribution in [2.75, 3.05) is 26.2 Å². The number of benzene rings is 3. The highest BCUT2D eigenvalue weighted by atomic mass is 32.1. The maximum absolute atomic E-state index is 13.8. The second kappa shape index (κ2) is 11.5. The SMILES string of the molecule is CCN(CC)CCOc1ccc(C(=O)c2c(-c3ccc(O)cc3)sc3cc(C(=O)C(C)=O)ccc23)cc1. The average Bonchev–Trinajstić information content (AvgIpc) is 3.29. The molecule has 1 heterocycles. The molecule has 3 aromatic carbocycles. The number of Topliss-reactive ketones (excluding diaryl/α,β-unsaturated/α-hetero) is 2. The second-order valence-corrected chi connectivity index (χ2v) is 9.73. The van der Waals surface area contributed by atoms with Crippen molar-refractivity contribution < 1.29 is 24.2 Å². The smallest absolute Gasteiger partial charge is 0.228 e. The van der Waals surface area contributed by atoms with Crippen LogP contribution in [0.15, 0.2) is 66.7 Å². The normalized spacial score (nSPS) is 11.1. The molecule has 6 nitrogen and oxygen atoms in total. The first kappa shape index (κ1) is 26.3. The van der Waals surface area contributed by atoms with Crippen molar-refractivity contribution in [1.82, 2.24) is 4.90 Å². The van der Waals surface area contributed by atoms with Gasteiger partial charge in [-0.2, -0.15) is 0 Å². The van der Waals surface area contributed by atoms with Crippen molar-refractivity contribution in [3.8, 4) is 21.9 Å². The van der Waals surface area contributed by atoms with Gasteiger partial charge in [-0.25, -0.2) is 0 Å². The molecule has 0 aliphatic heterocycles. The minimum Gasteiger partial charge on any atom is -0.508 e. The van der Waals surface area contributed by atoms with Gasteiger partial charge in [-0.3, -0.25) is 14.4 Å². The molecule has 0 saturated heterocycles. The molecule has 0 spiro atoms. The zero-order valence-corrected chi connectivity index (χ0v) is 21.9. The Bertz CT molecular complexity index is 1430. The third kappa shape index (κ3) is 5.79. The van der Waals surface area contributed by atoms with E-state index in [1.165, 1.54) is 18.3 Å². The first-order valence-corrected chi connectivity index (χ1v) is 13.0. The summed E-state index contributed by atoms with van der Waals surface area (Å²) in [6.07, 6.45) is 0. The number of phenolic OH excluding ortho intramolecular Hbond substituents is 1. The van der Waals surface area contributed by atoms with E-state index < -0.39 is 11.6 Å². The van der Waals surface area contributed by atoms with Gasteiger partial charge < -0.3 is 14.7 Å². The van der Waals surface area contributed by atoms with Gasteiger partial charge in [0.1, 0.15) is 18.1 Å². The molecule has 0 aliphatic rings. The van der Waals surface area contributed by atoms with E-state index in [9.17, 15) is 19.5 Å². The van der Waals surface area contributed by atoms with Gasteiger partial charge in [0.15, 0.2) is 11.6 Å². The standard InChI is InChI=1S/C30H29NO5S/c1-4-31(5-2)16-17-36-24-13-8-20(9-14-24)29(35)27-25-15-10-22(28(34)19(3)32)18-26(25)37-30(27)21-6-11-23(33)12-7-21/h6-15,18,33H,4-5,16-17H2,1-3H3. The average molecular weight is 516 g/mol.